The zero-order valence-electron chi connectivity index (χ0n) is 20.2. The van der Waals surface area contributed by atoms with Gasteiger partial charge in [0.2, 0.25) is 12.3 Å². The monoisotopic (exact) mass is 515 g/mol. The highest BCUT2D eigenvalue weighted by molar-refractivity contribution is 6.31. The zero-order chi connectivity index (χ0) is 25.7. The number of fused-ring (bicyclic) bond motifs is 1. The lowest BCUT2D eigenvalue weighted by Crippen LogP contribution is -2.51. The van der Waals surface area contributed by atoms with Crippen LogP contribution in [0.25, 0.3) is 0 Å². The topological polar surface area (TPSA) is 87.7 Å². The van der Waals surface area contributed by atoms with E-state index in [0.717, 1.165) is 32.1 Å². The first-order valence-electron chi connectivity index (χ1n) is 12.4. The molecule has 0 radical (unpaired) electrons. The Morgan fingerprint density at radius 2 is 1.97 bits per heavy atom. The van der Waals surface area contributed by atoms with Crippen LogP contribution in [0, 0.1) is 11.7 Å². The van der Waals surface area contributed by atoms with Crippen molar-refractivity contribution in [3.63, 3.8) is 0 Å². The maximum absolute atomic E-state index is 13.9. The van der Waals surface area contributed by atoms with Gasteiger partial charge in [-0.25, -0.2) is 9.18 Å². The van der Waals surface area contributed by atoms with Crippen LogP contribution in [0.3, 0.4) is 0 Å². The maximum Gasteiger partial charge on any atom is 0.354 e. The second-order valence-electron chi connectivity index (χ2n) is 9.31. The largest absolute Gasteiger partial charge is 0.461 e. The van der Waals surface area contributed by atoms with Crippen LogP contribution >= 0.6 is 11.6 Å². The first-order chi connectivity index (χ1) is 17.4. The molecule has 4 rings (SSSR count). The van der Waals surface area contributed by atoms with Crippen LogP contribution in [0.2, 0.25) is 0 Å². The summed E-state index contributed by atoms with van der Waals surface area (Å²) >= 11 is 6.22. The number of nitrogens with zero attached hydrogens (tertiary/aromatic N) is 1. The molecule has 1 aromatic rings. The molecule has 3 unspecified atom stereocenters. The van der Waals surface area contributed by atoms with Gasteiger partial charge in [-0.15, -0.1) is 0 Å². The summed E-state index contributed by atoms with van der Waals surface area (Å²) < 4.78 is 18.8. The molecule has 2 amide bonds. The third-order valence-electron chi connectivity index (χ3n) is 6.87. The Hall–Kier alpha value is -3.13. The van der Waals surface area contributed by atoms with Gasteiger partial charge in [-0.3, -0.25) is 9.59 Å². The second-order valence-corrected chi connectivity index (χ2v) is 9.74. The SMILES string of the molecule is CCOC(=O)C1=C(C(C(=O)NC2CCCCC2)N(C=O)Cc2ccc(F)cc2)C2C=CC(Cl)=CC2N1. The number of rotatable bonds is 9. The molecule has 9 heteroatoms. The van der Waals surface area contributed by atoms with Gasteiger partial charge in [-0.2, -0.15) is 0 Å². The lowest BCUT2D eigenvalue weighted by atomic mass is 9.85. The Bertz CT molecular complexity index is 1080. The van der Waals surface area contributed by atoms with E-state index in [4.69, 9.17) is 16.3 Å². The van der Waals surface area contributed by atoms with Crippen molar-refractivity contribution in [2.45, 2.75) is 63.7 Å². The summed E-state index contributed by atoms with van der Waals surface area (Å²) in [7, 11) is 0. The number of hydrogen-bond acceptors (Lipinski definition) is 5. The minimum absolute atomic E-state index is 0.00103. The molecule has 1 heterocycles. The molecule has 1 saturated carbocycles. The molecule has 0 aromatic heterocycles. The van der Waals surface area contributed by atoms with Gasteiger partial charge in [-0.1, -0.05) is 49.1 Å². The van der Waals surface area contributed by atoms with E-state index in [1.165, 1.54) is 17.0 Å². The Balaban J connectivity index is 1.75. The molecule has 0 bridgehead atoms. The molecule has 1 fully saturated rings. The summed E-state index contributed by atoms with van der Waals surface area (Å²) in [5, 5.41) is 6.80. The van der Waals surface area contributed by atoms with E-state index in [9.17, 15) is 18.8 Å². The molecule has 2 aliphatic carbocycles. The number of halogens is 2. The average Bonchev–Trinajstić information content (AvgIpc) is 3.24. The summed E-state index contributed by atoms with van der Waals surface area (Å²) in [6, 6.07) is 4.32. The highest BCUT2D eigenvalue weighted by Crippen LogP contribution is 2.37. The molecule has 1 aliphatic heterocycles. The predicted molar refractivity (Wildman–Crippen MR) is 134 cm³/mol. The maximum atomic E-state index is 13.9. The molecule has 3 aliphatic rings. The Labute approximate surface area is 215 Å². The fraction of sp³-hybridized carbons (Fsp3) is 0.444. The van der Waals surface area contributed by atoms with Gasteiger partial charge in [0.15, 0.2) is 0 Å². The standard InChI is InChI=1S/C27H31ClFN3O4/c1-2-36-27(35)24-23(21-13-10-18(28)14-22(21)31-24)25(26(34)30-20-6-4-3-5-7-20)32(16-33)15-17-8-11-19(29)12-9-17/h8-14,16,20-22,25,31H,2-7,15H2,1H3,(H,30,34). The molecule has 7 nitrogen and oxygen atoms in total. The van der Waals surface area contributed by atoms with Gasteiger partial charge in [-0.05, 0) is 49.6 Å². The van der Waals surface area contributed by atoms with Crippen molar-refractivity contribution in [2.24, 2.45) is 5.92 Å². The summed E-state index contributed by atoms with van der Waals surface area (Å²) in [6.45, 7) is 1.92. The van der Waals surface area contributed by atoms with Gasteiger partial charge in [0, 0.05) is 29.1 Å². The number of esters is 1. The molecular weight excluding hydrogens is 485 g/mol. The highest BCUT2D eigenvalue weighted by atomic mass is 35.5. The minimum Gasteiger partial charge on any atom is -0.461 e. The van der Waals surface area contributed by atoms with Crippen molar-refractivity contribution in [3.05, 3.63) is 70.2 Å². The van der Waals surface area contributed by atoms with E-state index < -0.39 is 17.8 Å². The quantitative estimate of drug-likeness (QED) is 0.387. The van der Waals surface area contributed by atoms with Crippen LogP contribution in [-0.4, -0.2) is 47.9 Å². The molecule has 0 saturated heterocycles. The molecule has 3 atom stereocenters. The van der Waals surface area contributed by atoms with Crippen LogP contribution in [0.4, 0.5) is 4.39 Å². The third-order valence-corrected chi connectivity index (χ3v) is 7.12. The van der Waals surface area contributed by atoms with E-state index >= 15 is 0 Å². The lowest BCUT2D eigenvalue weighted by Gasteiger charge is -2.34. The number of amides is 2. The molecule has 192 valence electrons. The van der Waals surface area contributed by atoms with Crippen molar-refractivity contribution < 1.29 is 23.5 Å². The molecule has 36 heavy (non-hydrogen) atoms. The van der Waals surface area contributed by atoms with E-state index in [0.29, 0.717) is 22.6 Å². The van der Waals surface area contributed by atoms with Crippen molar-refractivity contribution in [1.29, 1.82) is 0 Å². The van der Waals surface area contributed by atoms with E-state index in [2.05, 4.69) is 10.6 Å². The van der Waals surface area contributed by atoms with Crippen LogP contribution in [0.15, 0.2) is 58.8 Å². The fourth-order valence-electron chi connectivity index (χ4n) is 5.18. The molecule has 1 aromatic carbocycles. The molecular formula is C27H31ClFN3O4. The summed E-state index contributed by atoms with van der Waals surface area (Å²) in [6.07, 6.45) is 10.9. The number of hydrogen-bond donors (Lipinski definition) is 2. The van der Waals surface area contributed by atoms with E-state index in [1.54, 1.807) is 31.2 Å². The highest BCUT2D eigenvalue weighted by Gasteiger charge is 2.45. The summed E-state index contributed by atoms with van der Waals surface area (Å²) in [5.41, 5.74) is 1.27. The van der Waals surface area contributed by atoms with Crippen molar-refractivity contribution in [3.8, 4) is 0 Å². The Kier molecular flexibility index (Phi) is 8.46. The van der Waals surface area contributed by atoms with Gasteiger partial charge in [0.05, 0.1) is 12.6 Å². The number of ether oxygens (including phenoxy) is 1. The molecule has 0 spiro atoms. The first kappa shape index (κ1) is 25.9. The summed E-state index contributed by atoms with van der Waals surface area (Å²) in [5.74, 6) is -1.73. The van der Waals surface area contributed by atoms with Crippen molar-refractivity contribution in [2.75, 3.05) is 6.61 Å². The fourth-order valence-corrected chi connectivity index (χ4v) is 5.39. The number of benzene rings is 1. The zero-order valence-corrected chi connectivity index (χ0v) is 21.0. The first-order valence-corrected chi connectivity index (χ1v) is 12.8. The number of carbonyl (C=O) groups is 3. The van der Waals surface area contributed by atoms with Gasteiger partial charge >= 0.3 is 5.97 Å². The van der Waals surface area contributed by atoms with Gasteiger partial charge in [0.25, 0.3) is 0 Å². The van der Waals surface area contributed by atoms with E-state index in [-0.39, 0.29) is 42.8 Å². The second kappa shape index (κ2) is 11.7. The van der Waals surface area contributed by atoms with Crippen LogP contribution in [-0.2, 0) is 25.7 Å². The predicted octanol–water partition coefficient (Wildman–Crippen LogP) is 3.70. The van der Waals surface area contributed by atoms with Crippen LogP contribution in [0.5, 0.6) is 0 Å². The van der Waals surface area contributed by atoms with Crippen LogP contribution in [0.1, 0.15) is 44.6 Å². The molecule has 2 N–H and O–H groups in total. The van der Waals surface area contributed by atoms with Gasteiger partial charge < -0.3 is 20.3 Å². The number of carbonyl (C=O) groups excluding carboxylic acids is 3. The van der Waals surface area contributed by atoms with Crippen molar-refractivity contribution in [1.82, 2.24) is 15.5 Å². The smallest absolute Gasteiger partial charge is 0.354 e. The normalized spacial score (nSPS) is 22.2. The minimum atomic E-state index is -1.08. The van der Waals surface area contributed by atoms with Crippen molar-refractivity contribution >= 4 is 29.9 Å². The average molecular weight is 516 g/mol. The van der Waals surface area contributed by atoms with E-state index in [1.807, 2.05) is 6.08 Å². The van der Waals surface area contributed by atoms with Gasteiger partial charge in [0.1, 0.15) is 17.6 Å². The Morgan fingerprint density at radius 3 is 2.64 bits per heavy atom. The number of allylic oxidation sites excluding steroid dienone is 2. The summed E-state index contributed by atoms with van der Waals surface area (Å²) in [4.78, 5) is 40.7. The third kappa shape index (κ3) is 5.81. The Morgan fingerprint density at radius 1 is 1.25 bits per heavy atom. The lowest BCUT2D eigenvalue weighted by molar-refractivity contribution is -0.139. The van der Waals surface area contributed by atoms with Crippen LogP contribution < -0.4 is 10.6 Å². The number of nitrogens with one attached hydrogen (secondary N) is 2.